The fourth-order valence-corrected chi connectivity index (χ4v) is 1.12. The molecule has 0 aliphatic carbocycles. The molecule has 80 valence electrons. The molecule has 4 heteroatoms. The zero-order valence-electron chi connectivity index (χ0n) is 9.28. The van der Waals surface area contributed by atoms with E-state index in [1.54, 1.807) is 6.08 Å². The summed E-state index contributed by atoms with van der Waals surface area (Å²) in [5, 5.41) is 0. The molecule has 0 aromatic rings. The first-order valence-electron chi connectivity index (χ1n) is 4.54. The molecule has 0 fully saturated rings. The average Bonchev–Trinajstić information content (AvgIpc) is 2.10. The predicted octanol–water partition coefficient (Wildman–Crippen LogP) is 2.17. The van der Waals surface area contributed by atoms with Crippen LogP contribution >= 0.6 is 0 Å². The van der Waals surface area contributed by atoms with E-state index in [2.05, 4.69) is 16.0 Å². The molecule has 14 heavy (non-hydrogen) atoms. The Morgan fingerprint density at radius 1 is 1.50 bits per heavy atom. The highest BCUT2D eigenvalue weighted by molar-refractivity contribution is 7.91. The summed E-state index contributed by atoms with van der Waals surface area (Å²) in [6.45, 7) is 11.8. The van der Waals surface area contributed by atoms with E-state index in [9.17, 15) is 4.55 Å². The minimum absolute atomic E-state index is 0.324. The molecule has 0 amide bonds. The topological polar surface area (TPSA) is 47.8 Å². The average molecular weight is 214 g/mol. The van der Waals surface area contributed by atoms with E-state index in [0.717, 1.165) is 0 Å². The van der Waals surface area contributed by atoms with E-state index >= 15 is 0 Å². The monoisotopic (exact) mass is 214 g/mol. The van der Waals surface area contributed by atoms with Gasteiger partial charge in [-0.2, -0.15) is 0 Å². The molecule has 0 heterocycles. The Kier molecular flexibility index (Phi) is 5.72. The van der Waals surface area contributed by atoms with Crippen molar-refractivity contribution < 1.29 is 4.55 Å². The number of hydrogen-bond acceptors (Lipinski definition) is 3. The SMILES string of the molecule is C=CC(/C=N/[S+]([O-])C(C)(C)C)=N\CC. The van der Waals surface area contributed by atoms with Crippen molar-refractivity contribution in [2.75, 3.05) is 6.54 Å². The zero-order chi connectivity index (χ0) is 11.2. The van der Waals surface area contributed by atoms with Crippen molar-refractivity contribution in [2.45, 2.75) is 32.4 Å². The first kappa shape index (κ1) is 13.4. The summed E-state index contributed by atoms with van der Waals surface area (Å²) in [6.07, 6.45) is 3.12. The molecule has 1 unspecified atom stereocenters. The summed E-state index contributed by atoms with van der Waals surface area (Å²) in [5.74, 6) is 0. The summed E-state index contributed by atoms with van der Waals surface area (Å²) >= 11 is -1.22. The highest BCUT2D eigenvalue weighted by Gasteiger charge is 2.25. The fourth-order valence-electron chi connectivity index (χ4n) is 0.601. The Labute approximate surface area is 89.4 Å². The summed E-state index contributed by atoms with van der Waals surface area (Å²) in [4.78, 5) is 4.11. The summed E-state index contributed by atoms with van der Waals surface area (Å²) in [5.41, 5.74) is 0.671. The second kappa shape index (κ2) is 5.98. The second-order valence-electron chi connectivity index (χ2n) is 3.70. The van der Waals surface area contributed by atoms with Crippen LogP contribution in [-0.4, -0.2) is 27.8 Å². The summed E-state index contributed by atoms with van der Waals surface area (Å²) in [6, 6.07) is 0. The maximum Gasteiger partial charge on any atom is 0.144 e. The van der Waals surface area contributed by atoms with Gasteiger partial charge in [0.15, 0.2) is 0 Å². The summed E-state index contributed by atoms with van der Waals surface area (Å²) < 4.78 is 15.1. The van der Waals surface area contributed by atoms with Crippen LogP contribution in [0.2, 0.25) is 0 Å². The third kappa shape index (κ3) is 5.19. The maximum atomic E-state index is 11.5. The van der Waals surface area contributed by atoms with Crippen molar-refractivity contribution in [1.29, 1.82) is 0 Å². The smallest absolute Gasteiger partial charge is 0.144 e. The van der Waals surface area contributed by atoms with Gasteiger partial charge in [-0.3, -0.25) is 4.99 Å². The molecule has 0 aliphatic heterocycles. The van der Waals surface area contributed by atoms with Gasteiger partial charge in [-0.1, -0.05) is 11.0 Å². The van der Waals surface area contributed by atoms with Crippen LogP contribution in [-0.2, 0) is 11.4 Å². The molecule has 0 aromatic carbocycles. The quantitative estimate of drug-likeness (QED) is 0.522. The Bertz CT molecular complexity index is 241. The Balaban J connectivity index is 4.42. The lowest BCUT2D eigenvalue weighted by molar-refractivity contribution is 0.562. The van der Waals surface area contributed by atoms with Crippen LogP contribution in [0.4, 0.5) is 0 Å². The summed E-state index contributed by atoms with van der Waals surface area (Å²) in [7, 11) is 0. The van der Waals surface area contributed by atoms with Crippen molar-refractivity contribution in [1.82, 2.24) is 0 Å². The Morgan fingerprint density at radius 2 is 2.07 bits per heavy atom. The van der Waals surface area contributed by atoms with Crippen LogP contribution in [0.3, 0.4) is 0 Å². The van der Waals surface area contributed by atoms with E-state index in [1.165, 1.54) is 6.21 Å². The van der Waals surface area contributed by atoms with Crippen LogP contribution in [0.1, 0.15) is 27.7 Å². The second-order valence-corrected chi connectivity index (χ2v) is 5.63. The lowest BCUT2D eigenvalue weighted by Gasteiger charge is -2.17. The first-order valence-corrected chi connectivity index (χ1v) is 5.65. The lowest BCUT2D eigenvalue weighted by atomic mass is 10.3. The molecule has 0 radical (unpaired) electrons. The lowest BCUT2D eigenvalue weighted by Crippen LogP contribution is -2.26. The minimum Gasteiger partial charge on any atom is -0.591 e. The fraction of sp³-hybridized carbons (Fsp3) is 0.600. The molecule has 0 rings (SSSR count). The predicted molar refractivity (Wildman–Crippen MR) is 64.6 cm³/mol. The van der Waals surface area contributed by atoms with Gasteiger partial charge >= 0.3 is 0 Å². The molecule has 0 aromatic heterocycles. The van der Waals surface area contributed by atoms with Crippen LogP contribution < -0.4 is 0 Å². The first-order chi connectivity index (χ1) is 6.41. The highest BCUT2D eigenvalue weighted by atomic mass is 32.2. The molecular formula is C10H18N2OS. The van der Waals surface area contributed by atoms with Gasteiger partial charge in [-0.05, 0) is 33.8 Å². The van der Waals surface area contributed by atoms with E-state index < -0.39 is 11.4 Å². The number of hydrogen-bond donors (Lipinski definition) is 0. The molecule has 0 spiro atoms. The Hall–Kier alpha value is -0.610. The van der Waals surface area contributed by atoms with E-state index in [1.807, 2.05) is 27.7 Å². The van der Waals surface area contributed by atoms with Crippen molar-refractivity contribution in [3.63, 3.8) is 0 Å². The van der Waals surface area contributed by atoms with Gasteiger partial charge in [0, 0.05) is 6.54 Å². The van der Waals surface area contributed by atoms with Gasteiger partial charge in [0.2, 0.25) is 0 Å². The third-order valence-corrected chi connectivity index (χ3v) is 2.70. The van der Waals surface area contributed by atoms with Gasteiger partial charge in [0.1, 0.15) is 22.3 Å². The number of nitrogens with zero attached hydrogens (tertiary/aromatic N) is 2. The molecular weight excluding hydrogens is 196 g/mol. The maximum absolute atomic E-state index is 11.5. The van der Waals surface area contributed by atoms with Crippen molar-refractivity contribution in [3.8, 4) is 0 Å². The third-order valence-electron chi connectivity index (χ3n) is 1.35. The van der Waals surface area contributed by atoms with Crippen LogP contribution in [0.15, 0.2) is 22.0 Å². The standard InChI is InChI=1S/C10H18N2OS/c1-6-9(11-7-2)8-12-14(13)10(3,4)5/h6,8H,1,7H2,2-5H3/b11-9+,12-8+. The molecule has 3 nitrogen and oxygen atoms in total. The minimum atomic E-state index is -1.22. The molecule has 0 saturated heterocycles. The highest BCUT2D eigenvalue weighted by Crippen LogP contribution is 2.16. The largest absolute Gasteiger partial charge is 0.591 e. The van der Waals surface area contributed by atoms with E-state index in [4.69, 9.17) is 0 Å². The number of aliphatic imine (C=N–C) groups is 1. The molecule has 0 aliphatic rings. The molecule has 0 N–H and O–H groups in total. The number of allylic oxidation sites excluding steroid dienone is 1. The van der Waals surface area contributed by atoms with E-state index in [-0.39, 0.29) is 4.75 Å². The van der Waals surface area contributed by atoms with Crippen molar-refractivity contribution in [2.24, 2.45) is 9.39 Å². The molecule has 0 saturated carbocycles. The van der Waals surface area contributed by atoms with Crippen LogP contribution in [0.5, 0.6) is 0 Å². The van der Waals surface area contributed by atoms with Crippen molar-refractivity contribution >= 4 is 23.3 Å². The van der Waals surface area contributed by atoms with Crippen LogP contribution in [0, 0.1) is 0 Å². The normalized spacial score (nSPS) is 15.9. The molecule has 1 atom stereocenters. The van der Waals surface area contributed by atoms with Crippen LogP contribution in [0.25, 0.3) is 0 Å². The van der Waals surface area contributed by atoms with E-state index in [0.29, 0.717) is 12.3 Å². The van der Waals surface area contributed by atoms with Gasteiger partial charge < -0.3 is 4.55 Å². The zero-order valence-corrected chi connectivity index (χ0v) is 10.1. The van der Waals surface area contributed by atoms with Gasteiger partial charge in [0.25, 0.3) is 0 Å². The van der Waals surface area contributed by atoms with Crippen molar-refractivity contribution in [3.05, 3.63) is 12.7 Å². The Morgan fingerprint density at radius 3 is 2.43 bits per heavy atom. The van der Waals surface area contributed by atoms with Gasteiger partial charge in [-0.15, -0.1) is 0 Å². The number of rotatable bonds is 4. The van der Waals surface area contributed by atoms with Gasteiger partial charge in [0.05, 0.1) is 5.71 Å². The molecule has 0 bridgehead atoms. The van der Waals surface area contributed by atoms with Gasteiger partial charge in [-0.25, -0.2) is 0 Å².